The highest BCUT2D eigenvalue weighted by molar-refractivity contribution is 6.09. The van der Waals surface area contributed by atoms with Gasteiger partial charge in [0.1, 0.15) is 11.3 Å². The molecule has 1 aromatic rings. The second-order valence-electron chi connectivity index (χ2n) is 8.79. The number of carboxylic acids is 1. The first kappa shape index (κ1) is 24.1. The van der Waals surface area contributed by atoms with Crippen LogP contribution in [0.3, 0.4) is 0 Å². The molecule has 0 radical (unpaired) electrons. The smallest absolute Gasteiger partial charge is 0.339 e. The number of phenols is 1. The highest BCUT2D eigenvalue weighted by Gasteiger charge is 2.26. The van der Waals surface area contributed by atoms with E-state index in [1.54, 1.807) is 6.92 Å². The van der Waals surface area contributed by atoms with Gasteiger partial charge in [0.05, 0.1) is 5.56 Å². The molecule has 0 heterocycles. The van der Waals surface area contributed by atoms with Crippen molar-refractivity contribution in [2.24, 2.45) is 5.41 Å². The Balaban J connectivity index is 2.10. The van der Waals surface area contributed by atoms with Crippen molar-refractivity contribution >= 4 is 11.8 Å². The predicted molar refractivity (Wildman–Crippen MR) is 126 cm³/mol. The summed E-state index contributed by atoms with van der Waals surface area (Å²) in [5.41, 5.74) is 4.57. The molecule has 1 aromatic carbocycles. The molecule has 31 heavy (non-hydrogen) atoms. The number of allylic oxidation sites excluding steroid dienone is 10. The molecule has 1 aliphatic rings. The lowest BCUT2D eigenvalue weighted by atomic mass is 9.72. The van der Waals surface area contributed by atoms with Gasteiger partial charge in [-0.05, 0) is 74.8 Å². The maximum Gasteiger partial charge on any atom is 0.339 e. The molecule has 0 aliphatic heterocycles. The molecule has 0 saturated heterocycles. The SMILES string of the molecule is CC1=C(/C=C/C(C)=C/C=C/C(C)=C/C(=O)c2cccc(C(=O)O)c2O)C(C)(C)CCC1. The van der Waals surface area contributed by atoms with E-state index in [-0.39, 0.29) is 16.5 Å². The molecule has 4 nitrogen and oxygen atoms in total. The van der Waals surface area contributed by atoms with Crippen LogP contribution in [-0.4, -0.2) is 22.0 Å². The molecule has 0 saturated carbocycles. The molecule has 1 aliphatic carbocycles. The zero-order valence-electron chi connectivity index (χ0n) is 19.0. The highest BCUT2D eigenvalue weighted by atomic mass is 16.4. The van der Waals surface area contributed by atoms with Crippen molar-refractivity contribution in [2.75, 3.05) is 0 Å². The molecule has 0 atom stereocenters. The fourth-order valence-electron chi connectivity index (χ4n) is 3.88. The first-order valence-electron chi connectivity index (χ1n) is 10.5. The fourth-order valence-corrected chi connectivity index (χ4v) is 3.88. The van der Waals surface area contributed by atoms with Crippen LogP contribution in [-0.2, 0) is 0 Å². The van der Waals surface area contributed by atoms with E-state index in [4.69, 9.17) is 5.11 Å². The van der Waals surface area contributed by atoms with Gasteiger partial charge in [-0.15, -0.1) is 0 Å². The first-order chi connectivity index (χ1) is 14.5. The van der Waals surface area contributed by atoms with Crippen molar-refractivity contribution in [3.8, 4) is 5.75 Å². The number of carbonyl (C=O) groups is 2. The van der Waals surface area contributed by atoms with Gasteiger partial charge in [0.25, 0.3) is 0 Å². The molecule has 2 N–H and O–H groups in total. The number of ketones is 1. The molecular formula is C27H32O4. The Kier molecular flexibility index (Phi) is 7.98. The van der Waals surface area contributed by atoms with Gasteiger partial charge in [0.2, 0.25) is 0 Å². The third-order valence-electron chi connectivity index (χ3n) is 5.66. The van der Waals surface area contributed by atoms with Crippen molar-refractivity contribution in [3.05, 3.63) is 88.1 Å². The number of rotatable bonds is 7. The van der Waals surface area contributed by atoms with Crippen molar-refractivity contribution in [1.29, 1.82) is 0 Å². The summed E-state index contributed by atoms with van der Waals surface area (Å²) < 4.78 is 0. The lowest BCUT2D eigenvalue weighted by Gasteiger charge is -2.32. The first-order valence-corrected chi connectivity index (χ1v) is 10.5. The van der Waals surface area contributed by atoms with E-state index >= 15 is 0 Å². The maximum atomic E-state index is 12.4. The molecular weight excluding hydrogens is 388 g/mol. The van der Waals surface area contributed by atoms with Crippen molar-refractivity contribution < 1.29 is 19.8 Å². The zero-order chi connectivity index (χ0) is 23.2. The fraction of sp³-hybridized carbons (Fsp3) is 0.333. The quantitative estimate of drug-likeness (QED) is 0.289. The van der Waals surface area contributed by atoms with Crippen LogP contribution in [0.1, 0.15) is 74.6 Å². The second kappa shape index (κ2) is 10.3. The number of aromatic hydroxyl groups is 1. The van der Waals surface area contributed by atoms with Gasteiger partial charge in [-0.2, -0.15) is 0 Å². The lowest BCUT2D eigenvalue weighted by molar-refractivity contribution is 0.0693. The summed E-state index contributed by atoms with van der Waals surface area (Å²) >= 11 is 0. The van der Waals surface area contributed by atoms with Crippen LogP contribution in [0.5, 0.6) is 5.75 Å². The average Bonchev–Trinajstić information content (AvgIpc) is 2.66. The molecule has 0 aromatic heterocycles. The molecule has 0 spiro atoms. The Morgan fingerprint density at radius 3 is 2.39 bits per heavy atom. The number of para-hydroxylation sites is 1. The Hall–Kier alpha value is -3.14. The van der Waals surface area contributed by atoms with E-state index in [1.807, 2.05) is 25.2 Å². The van der Waals surface area contributed by atoms with E-state index in [2.05, 4.69) is 32.9 Å². The minimum Gasteiger partial charge on any atom is -0.506 e. The van der Waals surface area contributed by atoms with Gasteiger partial charge in [-0.3, -0.25) is 4.79 Å². The summed E-state index contributed by atoms with van der Waals surface area (Å²) in [6.07, 6.45) is 15.0. The van der Waals surface area contributed by atoms with Crippen molar-refractivity contribution in [1.82, 2.24) is 0 Å². The van der Waals surface area contributed by atoms with Crippen LogP contribution >= 0.6 is 0 Å². The third-order valence-corrected chi connectivity index (χ3v) is 5.66. The van der Waals surface area contributed by atoms with Crippen LogP contribution in [0.4, 0.5) is 0 Å². The number of carboxylic acid groups (broad SMARTS) is 1. The number of hydrogen-bond acceptors (Lipinski definition) is 3. The van der Waals surface area contributed by atoms with Gasteiger partial charge in [0, 0.05) is 0 Å². The molecule has 4 heteroatoms. The summed E-state index contributed by atoms with van der Waals surface area (Å²) in [5.74, 6) is -2.22. The topological polar surface area (TPSA) is 74.6 Å². The van der Waals surface area contributed by atoms with Gasteiger partial charge in [0.15, 0.2) is 5.78 Å². The molecule has 2 rings (SSSR count). The van der Waals surface area contributed by atoms with Gasteiger partial charge >= 0.3 is 5.97 Å². The van der Waals surface area contributed by atoms with Crippen molar-refractivity contribution in [3.63, 3.8) is 0 Å². The van der Waals surface area contributed by atoms with E-state index in [0.717, 1.165) is 12.0 Å². The zero-order valence-corrected chi connectivity index (χ0v) is 19.0. The van der Waals surface area contributed by atoms with Crippen LogP contribution in [0.2, 0.25) is 0 Å². The van der Waals surface area contributed by atoms with E-state index in [1.165, 1.54) is 48.3 Å². The van der Waals surface area contributed by atoms with Gasteiger partial charge in [-0.25, -0.2) is 4.79 Å². The van der Waals surface area contributed by atoms with E-state index < -0.39 is 17.5 Å². The minimum atomic E-state index is -1.27. The van der Waals surface area contributed by atoms with Gasteiger partial charge < -0.3 is 10.2 Å². The molecule has 0 amide bonds. The van der Waals surface area contributed by atoms with Crippen LogP contribution in [0.25, 0.3) is 0 Å². The summed E-state index contributed by atoms with van der Waals surface area (Å²) in [6.45, 7) is 10.6. The summed E-state index contributed by atoms with van der Waals surface area (Å²) in [5, 5.41) is 19.1. The molecule has 0 bridgehead atoms. The van der Waals surface area contributed by atoms with Crippen molar-refractivity contribution in [2.45, 2.75) is 53.9 Å². The Morgan fingerprint density at radius 2 is 1.74 bits per heavy atom. The predicted octanol–water partition coefficient (Wildman–Crippen LogP) is 6.80. The minimum absolute atomic E-state index is 0.0268. The van der Waals surface area contributed by atoms with E-state index in [0.29, 0.717) is 5.57 Å². The summed E-state index contributed by atoms with van der Waals surface area (Å²) in [7, 11) is 0. The standard InChI is InChI=1S/C27H32O4/c1-18(14-15-23-20(3)11-8-16-27(23,4)5)9-6-10-19(2)17-24(28)21-12-7-13-22(25(21)29)26(30)31/h6-7,9-10,12-15,17,29H,8,11,16H2,1-5H3,(H,30,31)/b10-6+,15-14+,18-9+,19-17+. The van der Waals surface area contributed by atoms with Crippen LogP contribution in [0, 0.1) is 5.41 Å². The molecule has 164 valence electrons. The third kappa shape index (κ3) is 6.42. The average molecular weight is 421 g/mol. The Bertz CT molecular complexity index is 1010. The van der Waals surface area contributed by atoms with Gasteiger partial charge in [-0.1, -0.05) is 61.4 Å². The van der Waals surface area contributed by atoms with E-state index in [9.17, 15) is 14.7 Å². The number of benzene rings is 1. The maximum absolute atomic E-state index is 12.4. The van der Waals surface area contributed by atoms with Crippen LogP contribution in [0.15, 0.2) is 76.9 Å². The number of hydrogen-bond donors (Lipinski definition) is 2. The lowest BCUT2D eigenvalue weighted by Crippen LogP contribution is -2.19. The molecule has 0 unspecified atom stereocenters. The Morgan fingerprint density at radius 1 is 1.06 bits per heavy atom. The monoisotopic (exact) mass is 420 g/mol. The second-order valence-corrected chi connectivity index (χ2v) is 8.79. The largest absolute Gasteiger partial charge is 0.506 e. The Labute approximate surface area is 185 Å². The summed E-state index contributed by atoms with van der Waals surface area (Å²) in [4.78, 5) is 23.5. The summed E-state index contributed by atoms with van der Waals surface area (Å²) in [6, 6.07) is 4.12. The normalized spacial score (nSPS) is 17.6. The number of carbonyl (C=O) groups excluding carboxylic acids is 1. The van der Waals surface area contributed by atoms with Crippen LogP contribution < -0.4 is 0 Å². The number of aromatic carboxylic acids is 1. The highest BCUT2D eigenvalue weighted by Crippen LogP contribution is 2.40. The molecule has 0 fully saturated rings.